The van der Waals surface area contributed by atoms with Gasteiger partial charge in [0.25, 0.3) is 0 Å². The summed E-state index contributed by atoms with van der Waals surface area (Å²) in [6, 6.07) is 11.1. The second-order valence-electron chi connectivity index (χ2n) is 8.98. The summed E-state index contributed by atoms with van der Waals surface area (Å²) < 4.78 is 1.25. The minimum Gasteiger partial charge on any atom is -0.255 e. The summed E-state index contributed by atoms with van der Waals surface area (Å²) in [4.78, 5) is 4.89. The molecule has 0 aromatic heterocycles. The third-order valence-corrected chi connectivity index (χ3v) is 5.64. The van der Waals surface area contributed by atoms with Gasteiger partial charge in [-0.05, 0) is 75.6 Å². The molecule has 2 aromatic carbocycles. The van der Waals surface area contributed by atoms with Crippen LogP contribution in [0.25, 0.3) is 0 Å². The van der Waals surface area contributed by atoms with E-state index < -0.39 is 0 Å². The van der Waals surface area contributed by atoms with Crippen LogP contribution in [0.4, 0.5) is 5.69 Å². The Labute approximate surface area is 167 Å². The van der Waals surface area contributed by atoms with Crippen molar-refractivity contribution in [1.82, 2.24) is 0 Å². The summed E-state index contributed by atoms with van der Waals surface area (Å²) in [5, 5.41) is 0. The number of rotatable bonds is 2. The summed E-state index contributed by atoms with van der Waals surface area (Å²) in [6.45, 7) is 17.9. The van der Waals surface area contributed by atoms with Gasteiger partial charge in [-0.25, -0.2) is 0 Å². The maximum Gasteiger partial charge on any atom is 0.0769 e. The van der Waals surface area contributed by atoms with Gasteiger partial charge >= 0.3 is 0 Å². The van der Waals surface area contributed by atoms with Gasteiger partial charge in [0.05, 0.1) is 5.69 Å². The van der Waals surface area contributed by atoms with Crippen LogP contribution in [-0.2, 0) is 10.8 Å². The Bertz CT molecular complexity index is 802. The van der Waals surface area contributed by atoms with Crippen LogP contribution in [0.15, 0.2) is 35.3 Å². The van der Waals surface area contributed by atoms with E-state index in [0.717, 1.165) is 5.69 Å². The molecule has 0 bridgehead atoms. The van der Waals surface area contributed by atoms with Gasteiger partial charge in [-0.1, -0.05) is 71.4 Å². The number of hydrogen-bond donors (Lipinski definition) is 0. The highest BCUT2D eigenvalue weighted by Gasteiger charge is 2.23. The first-order valence-electron chi connectivity index (χ1n) is 8.85. The molecule has 2 aromatic rings. The topological polar surface area (TPSA) is 12.4 Å². The van der Waals surface area contributed by atoms with Crippen molar-refractivity contribution < 1.29 is 0 Å². The first-order chi connectivity index (χ1) is 11.4. The van der Waals surface area contributed by atoms with E-state index in [-0.39, 0.29) is 10.8 Å². The molecule has 0 spiro atoms. The van der Waals surface area contributed by atoms with Crippen molar-refractivity contribution in [3.63, 3.8) is 0 Å². The van der Waals surface area contributed by atoms with Gasteiger partial charge in [-0.15, -0.1) is 0 Å². The quantitative estimate of drug-likeness (QED) is 0.340. The smallest absolute Gasteiger partial charge is 0.0769 e. The standard InChI is InChI=1S/C23H30IN/c1-15-9-10-16(2)17(11-15)14-25-20-13-18(22(3,4)5)12-19(21(20)24)23(6,7)8/h9-14H,1-8H3. The molecule has 0 atom stereocenters. The molecule has 0 fully saturated rings. The van der Waals surface area contributed by atoms with Crippen molar-refractivity contribution in [3.05, 3.63) is 61.7 Å². The molecular weight excluding hydrogens is 417 g/mol. The van der Waals surface area contributed by atoms with E-state index >= 15 is 0 Å². The Balaban J connectivity index is 2.60. The van der Waals surface area contributed by atoms with Crippen molar-refractivity contribution in [3.8, 4) is 0 Å². The second-order valence-corrected chi connectivity index (χ2v) is 10.1. The number of aryl methyl sites for hydroxylation is 2. The highest BCUT2D eigenvalue weighted by molar-refractivity contribution is 14.1. The van der Waals surface area contributed by atoms with E-state index in [9.17, 15) is 0 Å². The number of nitrogens with zero attached hydrogens (tertiary/aromatic N) is 1. The van der Waals surface area contributed by atoms with Gasteiger partial charge in [-0.3, -0.25) is 4.99 Å². The van der Waals surface area contributed by atoms with Crippen LogP contribution in [0.3, 0.4) is 0 Å². The molecule has 2 heteroatoms. The minimum absolute atomic E-state index is 0.0985. The Kier molecular flexibility index (Phi) is 5.82. The summed E-state index contributed by atoms with van der Waals surface area (Å²) in [5.74, 6) is 0. The molecule has 0 saturated heterocycles. The highest BCUT2D eigenvalue weighted by atomic mass is 127. The molecule has 0 heterocycles. The summed E-state index contributed by atoms with van der Waals surface area (Å²) in [6.07, 6.45) is 2.01. The van der Waals surface area contributed by atoms with Gasteiger partial charge in [0.15, 0.2) is 0 Å². The predicted molar refractivity (Wildman–Crippen MR) is 120 cm³/mol. The number of benzene rings is 2. The second kappa shape index (κ2) is 7.22. The normalized spacial score (nSPS) is 12.8. The molecule has 0 aliphatic rings. The van der Waals surface area contributed by atoms with Crippen molar-refractivity contribution in [1.29, 1.82) is 0 Å². The van der Waals surface area contributed by atoms with E-state index in [0.29, 0.717) is 0 Å². The molecule has 134 valence electrons. The maximum atomic E-state index is 4.89. The summed E-state index contributed by atoms with van der Waals surface area (Å²) >= 11 is 2.46. The van der Waals surface area contributed by atoms with Gasteiger partial charge in [0, 0.05) is 9.78 Å². The lowest BCUT2D eigenvalue weighted by atomic mass is 9.80. The monoisotopic (exact) mass is 447 g/mol. The average molecular weight is 447 g/mol. The lowest BCUT2D eigenvalue weighted by Gasteiger charge is -2.27. The Morgan fingerprint density at radius 3 is 2.08 bits per heavy atom. The van der Waals surface area contributed by atoms with E-state index in [4.69, 9.17) is 4.99 Å². The zero-order valence-corrected chi connectivity index (χ0v) is 18.9. The van der Waals surface area contributed by atoms with Crippen LogP contribution in [0.1, 0.15) is 69.4 Å². The third-order valence-electron chi connectivity index (χ3n) is 4.50. The average Bonchev–Trinajstić information content (AvgIpc) is 2.47. The molecule has 0 saturated carbocycles. The molecule has 0 amide bonds. The van der Waals surface area contributed by atoms with Crippen molar-refractivity contribution in [2.24, 2.45) is 4.99 Å². The number of aliphatic imine (C=N–C) groups is 1. The maximum absolute atomic E-state index is 4.89. The SMILES string of the molecule is Cc1ccc(C)c(C=Nc2cc(C(C)(C)C)cc(C(C)(C)C)c2I)c1. The number of hydrogen-bond acceptors (Lipinski definition) is 1. The van der Waals surface area contributed by atoms with Crippen LogP contribution in [-0.4, -0.2) is 6.21 Å². The molecule has 25 heavy (non-hydrogen) atoms. The first-order valence-corrected chi connectivity index (χ1v) is 9.93. The molecule has 1 nitrogen and oxygen atoms in total. The Morgan fingerprint density at radius 1 is 0.880 bits per heavy atom. The third kappa shape index (κ3) is 4.93. The zero-order chi connectivity index (χ0) is 19.0. The minimum atomic E-state index is 0.0985. The van der Waals surface area contributed by atoms with Gasteiger partial charge in [0.1, 0.15) is 0 Å². The van der Waals surface area contributed by atoms with Gasteiger partial charge in [-0.2, -0.15) is 0 Å². The van der Waals surface area contributed by atoms with Crippen LogP contribution in [0.5, 0.6) is 0 Å². The zero-order valence-electron chi connectivity index (χ0n) is 16.8. The lowest BCUT2D eigenvalue weighted by molar-refractivity contribution is 0.566. The van der Waals surface area contributed by atoms with E-state index in [1.54, 1.807) is 0 Å². The van der Waals surface area contributed by atoms with E-state index in [1.165, 1.54) is 31.4 Å². The highest BCUT2D eigenvalue weighted by Crippen LogP contribution is 2.37. The molecule has 2 rings (SSSR count). The van der Waals surface area contributed by atoms with Crippen LogP contribution in [0.2, 0.25) is 0 Å². The Hall–Kier alpha value is -1.16. The lowest BCUT2D eigenvalue weighted by Crippen LogP contribution is -2.17. The number of halogens is 1. The molecule has 0 aliphatic heterocycles. The van der Waals surface area contributed by atoms with E-state index in [1.807, 2.05) is 6.21 Å². The van der Waals surface area contributed by atoms with Crippen LogP contribution >= 0.6 is 22.6 Å². The van der Waals surface area contributed by atoms with Crippen molar-refractivity contribution in [2.75, 3.05) is 0 Å². The summed E-state index contributed by atoms with van der Waals surface area (Å²) in [5.41, 5.74) is 7.69. The molecule has 0 N–H and O–H groups in total. The molecular formula is C23H30IN. The van der Waals surface area contributed by atoms with Crippen LogP contribution < -0.4 is 0 Å². The first kappa shape index (κ1) is 20.2. The van der Waals surface area contributed by atoms with Crippen LogP contribution in [0, 0.1) is 17.4 Å². The molecule has 0 radical (unpaired) electrons. The fourth-order valence-electron chi connectivity index (χ4n) is 2.72. The van der Waals surface area contributed by atoms with E-state index in [2.05, 4.69) is 108 Å². The Morgan fingerprint density at radius 2 is 1.52 bits per heavy atom. The predicted octanol–water partition coefficient (Wildman–Crippen LogP) is 7.25. The van der Waals surface area contributed by atoms with Gasteiger partial charge < -0.3 is 0 Å². The van der Waals surface area contributed by atoms with Crippen molar-refractivity contribution >= 4 is 34.5 Å². The fraction of sp³-hybridized carbons (Fsp3) is 0.435. The van der Waals surface area contributed by atoms with Crippen molar-refractivity contribution in [2.45, 2.75) is 66.2 Å². The summed E-state index contributed by atoms with van der Waals surface area (Å²) in [7, 11) is 0. The molecule has 0 unspecified atom stereocenters. The van der Waals surface area contributed by atoms with Gasteiger partial charge in [0.2, 0.25) is 0 Å². The fourth-order valence-corrected chi connectivity index (χ4v) is 3.98. The molecule has 0 aliphatic carbocycles. The largest absolute Gasteiger partial charge is 0.255 e.